The van der Waals surface area contributed by atoms with E-state index in [-0.39, 0.29) is 0 Å². The lowest BCUT2D eigenvalue weighted by atomic mass is 9.77. The van der Waals surface area contributed by atoms with Gasteiger partial charge in [0.2, 0.25) is 0 Å². The fourth-order valence-electron chi connectivity index (χ4n) is 4.20. The van der Waals surface area contributed by atoms with Crippen molar-refractivity contribution < 1.29 is 0 Å². The maximum atomic E-state index is 3.84. The Kier molecular flexibility index (Phi) is 6.55. The molecule has 2 heteroatoms. The Bertz CT molecular complexity index is 288. The van der Waals surface area contributed by atoms with Crippen LogP contribution in [-0.4, -0.2) is 36.6 Å². The fraction of sp³-hybridized carbons (Fsp3) is 1.00. The Hall–Kier alpha value is -0.0800. The third kappa shape index (κ3) is 5.56. The van der Waals surface area contributed by atoms with Crippen molar-refractivity contribution >= 4 is 0 Å². The van der Waals surface area contributed by atoms with Gasteiger partial charge in [-0.15, -0.1) is 0 Å². The largest absolute Gasteiger partial charge is 0.312 e. The van der Waals surface area contributed by atoms with E-state index in [2.05, 4.69) is 37.9 Å². The maximum Gasteiger partial charge on any atom is 0.0192 e. The summed E-state index contributed by atoms with van der Waals surface area (Å²) in [6.45, 7) is 13.5. The second kappa shape index (κ2) is 7.97. The summed E-state index contributed by atoms with van der Waals surface area (Å²) in [4.78, 5) is 2.74. The Balaban J connectivity index is 1.73. The lowest BCUT2D eigenvalue weighted by Gasteiger charge is -2.32. The standard InChI is InChI=1S/C19H38N2/c1-16(15-20-18-10-6-5-7-11-18)21-13-8-9-17(12-14-21)19(2,3)4/h16-18,20H,5-15H2,1-4H3. The van der Waals surface area contributed by atoms with E-state index >= 15 is 0 Å². The molecule has 0 spiro atoms. The summed E-state index contributed by atoms with van der Waals surface area (Å²) in [6.07, 6.45) is 11.3. The molecule has 1 aliphatic carbocycles. The van der Waals surface area contributed by atoms with Crippen molar-refractivity contribution in [2.24, 2.45) is 11.3 Å². The molecule has 1 aliphatic heterocycles. The molecule has 1 heterocycles. The number of hydrogen-bond donors (Lipinski definition) is 1. The number of hydrogen-bond acceptors (Lipinski definition) is 2. The average molecular weight is 295 g/mol. The topological polar surface area (TPSA) is 15.3 Å². The van der Waals surface area contributed by atoms with Crippen LogP contribution in [0.5, 0.6) is 0 Å². The van der Waals surface area contributed by atoms with Crippen molar-refractivity contribution in [2.75, 3.05) is 19.6 Å². The molecule has 21 heavy (non-hydrogen) atoms. The van der Waals surface area contributed by atoms with E-state index in [1.807, 2.05) is 0 Å². The predicted molar refractivity (Wildman–Crippen MR) is 92.7 cm³/mol. The van der Waals surface area contributed by atoms with Crippen LogP contribution in [-0.2, 0) is 0 Å². The van der Waals surface area contributed by atoms with Crippen molar-refractivity contribution in [3.63, 3.8) is 0 Å². The zero-order chi connectivity index (χ0) is 15.3. The minimum absolute atomic E-state index is 0.486. The molecule has 124 valence electrons. The highest BCUT2D eigenvalue weighted by Gasteiger charge is 2.28. The SMILES string of the molecule is CC(CNC1CCCCC1)N1CCCC(C(C)(C)C)CC1. The van der Waals surface area contributed by atoms with Gasteiger partial charge in [-0.05, 0) is 63.5 Å². The molecule has 1 saturated heterocycles. The Morgan fingerprint density at radius 3 is 2.33 bits per heavy atom. The van der Waals surface area contributed by atoms with Crippen molar-refractivity contribution in [3.8, 4) is 0 Å². The molecule has 1 saturated carbocycles. The molecule has 0 amide bonds. The summed E-state index contributed by atoms with van der Waals surface area (Å²) in [6, 6.07) is 1.50. The minimum atomic E-state index is 0.486. The van der Waals surface area contributed by atoms with Gasteiger partial charge >= 0.3 is 0 Å². The van der Waals surface area contributed by atoms with Gasteiger partial charge in [0, 0.05) is 18.6 Å². The van der Waals surface area contributed by atoms with Crippen LogP contribution in [0.4, 0.5) is 0 Å². The Morgan fingerprint density at radius 2 is 1.67 bits per heavy atom. The van der Waals surface area contributed by atoms with Gasteiger partial charge in [0.05, 0.1) is 0 Å². The summed E-state index contributed by atoms with van der Waals surface area (Å²) in [5.74, 6) is 0.904. The van der Waals surface area contributed by atoms with Crippen molar-refractivity contribution in [3.05, 3.63) is 0 Å². The smallest absolute Gasteiger partial charge is 0.0192 e. The van der Waals surface area contributed by atoms with Crippen LogP contribution in [0, 0.1) is 11.3 Å². The van der Waals surface area contributed by atoms with E-state index in [9.17, 15) is 0 Å². The molecule has 0 radical (unpaired) electrons. The van der Waals surface area contributed by atoms with Gasteiger partial charge in [-0.25, -0.2) is 0 Å². The van der Waals surface area contributed by atoms with Crippen molar-refractivity contribution in [1.29, 1.82) is 0 Å². The Labute approximate surface area is 133 Å². The van der Waals surface area contributed by atoms with E-state index in [4.69, 9.17) is 0 Å². The van der Waals surface area contributed by atoms with Gasteiger partial charge in [-0.2, -0.15) is 0 Å². The zero-order valence-corrected chi connectivity index (χ0v) is 15.0. The molecule has 2 fully saturated rings. The third-order valence-electron chi connectivity index (χ3n) is 5.92. The normalized spacial score (nSPS) is 28.3. The predicted octanol–water partition coefficient (Wildman–Crippen LogP) is 4.45. The molecule has 0 bridgehead atoms. The van der Waals surface area contributed by atoms with E-state index in [1.165, 1.54) is 71.0 Å². The second-order valence-electron chi connectivity index (χ2n) is 8.62. The first kappa shape index (κ1) is 17.3. The molecule has 2 aliphatic rings. The molecule has 1 N–H and O–H groups in total. The first-order chi connectivity index (χ1) is 9.97. The lowest BCUT2D eigenvalue weighted by molar-refractivity contribution is 0.182. The van der Waals surface area contributed by atoms with Crippen LogP contribution in [0.25, 0.3) is 0 Å². The minimum Gasteiger partial charge on any atom is -0.312 e. The van der Waals surface area contributed by atoms with Crippen LogP contribution >= 0.6 is 0 Å². The van der Waals surface area contributed by atoms with Gasteiger partial charge in [0.25, 0.3) is 0 Å². The fourth-order valence-corrected chi connectivity index (χ4v) is 4.20. The van der Waals surface area contributed by atoms with Gasteiger partial charge in [0.15, 0.2) is 0 Å². The molecule has 0 aromatic heterocycles. The summed E-state index contributed by atoms with van der Waals surface area (Å²) in [5.41, 5.74) is 0.486. The number of rotatable bonds is 4. The molecule has 0 aromatic rings. The maximum absolute atomic E-state index is 3.84. The monoisotopic (exact) mass is 294 g/mol. The van der Waals surface area contributed by atoms with Crippen molar-refractivity contribution in [1.82, 2.24) is 10.2 Å². The zero-order valence-electron chi connectivity index (χ0n) is 15.0. The van der Waals surface area contributed by atoms with E-state index in [1.54, 1.807) is 0 Å². The van der Waals surface area contributed by atoms with Crippen LogP contribution < -0.4 is 5.32 Å². The van der Waals surface area contributed by atoms with Crippen LogP contribution in [0.3, 0.4) is 0 Å². The highest BCUT2D eigenvalue weighted by molar-refractivity contribution is 4.82. The average Bonchev–Trinajstić information content (AvgIpc) is 2.71. The third-order valence-corrected chi connectivity index (χ3v) is 5.92. The van der Waals surface area contributed by atoms with E-state index in [0.717, 1.165) is 12.0 Å². The van der Waals surface area contributed by atoms with Crippen LogP contribution in [0.1, 0.15) is 79.1 Å². The highest BCUT2D eigenvalue weighted by Crippen LogP contribution is 2.34. The summed E-state index contributed by atoms with van der Waals surface area (Å²) < 4.78 is 0. The van der Waals surface area contributed by atoms with Gasteiger partial charge in [-0.3, -0.25) is 4.90 Å². The lowest BCUT2D eigenvalue weighted by Crippen LogP contribution is -2.44. The quantitative estimate of drug-likeness (QED) is 0.824. The number of likely N-dealkylation sites (tertiary alicyclic amines) is 1. The van der Waals surface area contributed by atoms with Gasteiger partial charge in [0.1, 0.15) is 0 Å². The molecule has 2 nitrogen and oxygen atoms in total. The summed E-state index contributed by atoms with van der Waals surface area (Å²) in [5, 5.41) is 3.84. The van der Waals surface area contributed by atoms with Gasteiger partial charge < -0.3 is 5.32 Å². The van der Waals surface area contributed by atoms with Crippen LogP contribution in [0.2, 0.25) is 0 Å². The van der Waals surface area contributed by atoms with E-state index in [0.29, 0.717) is 11.5 Å². The first-order valence-corrected chi connectivity index (χ1v) is 9.44. The molecule has 2 unspecified atom stereocenters. The second-order valence-corrected chi connectivity index (χ2v) is 8.62. The molecule has 0 aromatic carbocycles. The van der Waals surface area contributed by atoms with E-state index < -0.39 is 0 Å². The summed E-state index contributed by atoms with van der Waals surface area (Å²) >= 11 is 0. The number of nitrogens with zero attached hydrogens (tertiary/aromatic N) is 1. The summed E-state index contributed by atoms with van der Waals surface area (Å²) in [7, 11) is 0. The molecular weight excluding hydrogens is 256 g/mol. The molecular formula is C19H38N2. The van der Waals surface area contributed by atoms with Gasteiger partial charge in [-0.1, -0.05) is 40.0 Å². The first-order valence-electron chi connectivity index (χ1n) is 9.44. The highest BCUT2D eigenvalue weighted by atomic mass is 15.2. The molecule has 2 atom stereocenters. The van der Waals surface area contributed by atoms with Crippen molar-refractivity contribution in [2.45, 2.75) is 91.1 Å². The van der Waals surface area contributed by atoms with Crippen LogP contribution in [0.15, 0.2) is 0 Å². The number of nitrogens with one attached hydrogen (secondary N) is 1. The Morgan fingerprint density at radius 1 is 0.952 bits per heavy atom. The molecule has 2 rings (SSSR count).